The highest BCUT2D eigenvalue weighted by molar-refractivity contribution is 5.79. The predicted octanol–water partition coefficient (Wildman–Crippen LogP) is 1.70. The summed E-state index contributed by atoms with van der Waals surface area (Å²) in [6, 6.07) is 5.89. The quantitative estimate of drug-likeness (QED) is 0.562. The minimum Gasteiger partial charge on any atom is -0.398 e. The summed E-state index contributed by atoms with van der Waals surface area (Å²) < 4.78 is 0. The van der Waals surface area contributed by atoms with Crippen LogP contribution in [0.4, 0.5) is 5.69 Å². The highest BCUT2D eigenvalue weighted by Crippen LogP contribution is 2.27. The molecule has 0 bridgehead atoms. The maximum Gasteiger partial charge on any atom is 0.0395 e. The number of aromatic amines is 1. The van der Waals surface area contributed by atoms with Gasteiger partial charge in [-0.15, -0.1) is 0 Å². The molecule has 0 unspecified atom stereocenters. The maximum absolute atomic E-state index is 5.66. The second kappa shape index (κ2) is 1.77. The van der Waals surface area contributed by atoms with Crippen molar-refractivity contribution in [2.24, 2.45) is 0 Å². The van der Waals surface area contributed by atoms with Crippen molar-refractivity contribution in [3.8, 4) is 11.1 Å². The Kier molecular flexibility index (Phi) is 0.947. The SMILES string of the molecule is Nc1ccc2c[nH]ccc1-2. The lowest BCUT2D eigenvalue weighted by atomic mass is 10.2. The number of nitrogens with one attached hydrogen (secondary N) is 1. The molecule has 50 valence electrons. The zero-order valence-electron chi connectivity index (χ0n) is 5.46. The first-order valence-electron chi connectivity index (χ1n) is 3.19. The first-order chi connectivity index (χ1) is 4.88. The Morgan fingerprint density at radius 1 is 1.20 bits per heavy atom. The molecule has 0 aromatic heterocycles. The monoisotopic (exact) mass is 132 g/mol. The summed E-state index contributed by atoms with van der Waals surface area (Å²) in [5.74, 6) is 0. The van der Waals surface area contributed by atoms with Gasteiger partial charge >= 0.3 is 0 Å². The number of pyridine rings is 1. The third-order valence-electron chi connectivity index (χ3n) is 1.65. The summed E-state index contributed by atoms with van der Waals surface area (Å²) in [5.41, 5.74) is 8.80. The normalized spacial score (nSPS) is 10.4. The second-order valence-electron chi connectivity index (χ2n) is 2.30. The molecule has 0 radical (unpaired) electrons. The lowest BCUT2D eigenvalue weighted by Crippen LogP contribution is -1.83. The van der Waals surface area contributed by atoms with Gasteiger partial charge in [0.2, 0.25) is 0 Å². The molecule has 2 nitrogen and oxygen atoms in total. The third-order valence-corrected chi connectivity index (χ3v) is 1.65. The minimum absolute atomic E-state index is 0.851. The fourth-order valence-electron chi connectivity index (χ4n) is 1.11. The van der Waals surface area contributed by atoms with Gasteiger partial charge in [-0.1, -0.05) is 6.07 Å². The zero-order chi connectivity index (χ0) is 6.97. The molecule has 10 heavy (non-hydrogen) atoms. The third kappa shape index (κ3) is 0.589. The Morgan fingerprint density at radius 3 is 2.90 bits per heavy atom. The van der Waals surface area contributed by atoms with E-state index in [2.05, 4.69) is 4.98 Å². The van der Waals surface area contributed by atoms with Crippen molar-refractivity contribution in [3.05, 3.63) is 30.6 Å². The van der Waals surface area contributed by atoms with Gasteiger partial charge in [-0.25, -0.2) is 0 Å². The van der Waals surface area contributed by atoms with E-state index < -0.39 is 0 Å². The number of fused-ring (bicyclic) bond motifs is 1. The largest absolute Gasteiger partial charge is 0.398 e. The molecule has 2 rings (SSSR count). The first kappa shape index (κ1) is 5.35. The summed E-state index contributed by atoms with van der Waals surface area (Å²) in [5, 5.41) is 0. The Hall–Kier alpha value is -1.44. The molecule has 0 saturated heterocycles. The number of hydrogen-bond donors (Lipinski definition) is 2. The Labute approximate surface area is 59.0 Å². The molecule has 2 aliphatic rings. The fourth-order valence-corrected chi connectivity index (χ4v) is 1.11. The van der Waals surface area contributed by atoms with Gasteiger partial charge in [-0.2, -0.15) is 0 Å². The van der Waals surface area contributed by atoms with Crippen molar-refractivity contribution < 1.29 is 0 Å². The van der Waals surface area contributed by atoms with E-state index in [1.165, 1.54) is 5.56 Å². The van der Waals surface area contributed by atoms with Crippen molar-refractivity contribution in [2.75, 3.05) is 5.73 Å². The molecule has 1 heterocycles. The van der Waals surface area contributed by atoms with Gasteiger partial charge in [0, 0.05) is 23.6 Å². The number of aromatic nitrogens is 1. The van der Waals surface area contributed by atoms with Crippen LogP contribution in [0.25, 0.3) is 11.1 Å². The number of hydrogen-bond acceptors (Lipinski definition) is 1. The topological polar surface area (TPSA) is 41.8 Å². The van der Waals surface area contributed by atoms with Gasteiger partial charge in [0.05, 0.1) is 0 Å². The Morgan fingerprint density at radius 2 is 2.10 bits per heavy atom. The molecule has 0 atom stereocenters. The van der Waals surface area contributed by atoms with Crippen molar-refractivity contribution in [3.63, 3.8) is 0 Å². The van der Waals surface area contributed by atoms with E-state index in [1.54, 1.807) is 0 Å². The van der Waals surface area contributed by atoms with Gasteiger partial charge in [0.1, 0.15) is 0 Å². The number of nitrogens with two attached hydrogens (primary N) is 1. The Balaban J connectivity index is 2.78. The van der Waals surface area contributed by atoms with Crippen LogP contribution in [0.1, 0.15) is 0 Å². The van der Waals surface area contributed by atoms with Crippen molar-refractivity contribution in [1.29, 1.82) is 0 Å². The number of anilines is 1. The van der Waals surface area contributed by atoms with Gasteiger partial charge in [0.25, 0.3) is 0 Å². The molecule has 1 aliphatic heterocycles. The molecule has 0 aromatic carbocycles. The summed E-state index contributed by atoms with van der Waals surface area (Å²) in [7, 11) is 0. The summed E-state index contributed by atoms with van der Waals surface area (Å²) in [6.45, 7) is 0. The second-order valence-corrected chi connectivity index (χ2v) is 2.30. The van der Waals surface area contributed by atoms with Gasteiger partial charge in [-0.3, -0.25) is 0 Å². The van der Waals surface area contributed by atoms with Gasteiger partial charge < -0.3 is 10.7 Å². The molecule has 3 N–H and O–H groups in total. The average Bonchev–Trinajstić information content (AvgIpc) is 2.34. The molecule has 0 saturated carbocycles. The molecule has 1 aliphatic carbocycles. The van der Waals surface area contributed by atoms with Crippen LogP contribution in [0.2, 0.25) is 0 Å². The van der Waals surface area contributed by atoms with E-state index in [-0.39, 0.29) is 0 Å². The standard InChI is InChI=1S/C8H8N2/c9-8-2-1-6-5-10-4-3-7(6)8/h1-5,10H,9H2. The fraction of sp³-hybridized carbons (Fsp3) is 0. The molecule has 2 heteroatoms. The van der Waals surface area contributed by atoms with E-state index in [1.807, 2.05) is 30.6 Å². The Bertz CT molecular complexity index is 311. The van der Waals surface area contributed by atoms with Crippen molar-refractivity contribution in [1.82, 2.24) is 4.98 Å². The van der Waals surface area contributed by atoms with Crippen LogP contribution < -0.4 is 5.73 Å². The summed E-state index contributed by atoms with van der Waals surface area (Å²) in [4.78, 5) is 2.99. The molecule has 0 spiro atoms. The number of rotatable bonds is 0. The lowest BCUT2D eigenvalue weighted by Gasteiger charge is -1.96. The van der Waals surface area contributed by atoms with Crippen LogP contribution >= 0.6 is 0 Å². The molecular formula is C8H8N2. The zero-order valence-corrected chi connectivity index (χ0v) is 5.46. The average molecular weight is 132 g/mol. The van der Waals surface area contributed by atoms with E-state index in [4.69, 9.17) is 5.73 Å². The molecular weight excluding hydrogens is 124 g/mol. The van der Waals surface area contributed by atoms with Crippen molar-refractivity contribution in [2.45, 2.75) is 0 Å². The number of H-pyrrole nitrogens is 1. The van der Waals surface area contributed by atoms with E-state index >= 15 is 0 Å². The van der Waals surface area contributed by atoms with Crippen LogP contribution in [0.5, 0.6) is 0 Å². The van der Waals surface area contributed by atoms with Crippen LogP contribution in [-0.2, 0) is 0 Å². The van der Waals surface area contributed by atoms with Crippen LogP contribution in [-0.4, -0.2) is 4.98 Å². The maximum atomic E-state index is 5.66. The minimum atomic E-state index is 0.851. The highest BCUT2D eigenvalue weighted by atomic mass is 14.6. The van der Waals surface area contributed by atoms with Gasteiger partial charge in [0.15, 0.2) is 0 Å². The molecule has 0 aromatic rings. The first-order valence-corrected chi connectivity index (χ1v) is 3.19. The van der Waals surface area contributed by atoms with Gasteiger partial charge in [-0.05, 0) is 17.7 Å². The van der Waals surface area contributed by atoms with E-state index in [0.29, 0.717) is 0 Å². The highest BCUT2D eigenvalue weighted by Gasteiger charge is 2.03. The van der Waals surface area contributed by atoms with E-state index in [9.17, 15) is 0 Å². The predicted molar refractivity (Wildman–Crippen MR) is 41.8 cm³/mol. The molecule has 0 amide bonds. The molecule has 0 fully saturated rings. The van der Waals surface area contributed by atoms with Crippen molar-refractivity contribution >= 4 is 5.69 Å². The lowest BCUT2D eigenvalue weighted by molar-refractivity contribution is 1.33. The summed E-state index contributed by atoms with van der Waals surface area (Å²) in [6.07, 6.45) is 3.81. The smallest absolute Gasteiger partial charge is 0.0395 e. The number of nitrogen functional groups attached to an aromatic ring is 1. The summed E-state index contributed by atoms with van der Waals surface area (Å²) >= 11 is 0. The van der Waals surface area contributed by atoms with Crippen LogP contribution in [0, 0.1) is 0 Å². The van der Waals surface area contributed by atoms with E-state index in [0.717, 1.165) is 11.3 Å². The van der Waals surface area contributed by atoms with Crippen LogP contribution in [0.15, 0.2) is 30.6 Å². The van der Waals surface area contributed by atoms with Crippen LogP contribution in [0.3, 0.4) is 0 Å².